The van der Waals surface area contributed by atoms with E-state index >= 15 is 0 Å². The van der Waals surface area contributed by atoms with Crippen molar-refractivity contribution in [3.63, 3.8) is 0 Å². The predicted octanol–water partition coefficient (Wildman–Crippen LogP) is -1.17. The Labute approximate surface area is 43.5 Å². The molecule has 0 aliphatic rings. The minimum absolute atomic E-state index is 0.565. The van der Waals surface area contributed by atoms with Crippen molar-refractivity contribution in [2.24, 2.45) is 0 Å². The zero-order valence-corrected chi connectivity index (χ0v) is 3.67. The molecule has 42 valence electrons. The van der Waals surface area contributed by atoms with E-state index in [1.807, 2.05) is 5.21 Å². The van der Waals surface area contributed by atoms with Crippen molar-refractivity contribution in [3.05, 3.63) is 0 Å². The largest absolute Gasteiger partial charge is 0.614 e. The molecule has 1 heterocycles. The van der Waals surface area contributed by atoms with Crippen LogP contribution in [0.4, 0.5) is 8.63 Å². The number of nitrogens with zero attached hydrogens (tertiary/aromatic N) is 3. The summed E-state index contributed by atoms with van der Waals surface area (Å²) < 4.78 is 22.8. The molecule has 0 bridgehead atoms. The summed E-state index contributed by atoms with van der Waals surface area (Å²) in [6, 6.07) is 0. The summed E-state index contributed by atoms with van der Waals surface area (Å²) in [5, 5.41) is 10.9. The molecular formula is CHBF2N4. The van der Waals surface area contributed by atoms with E-state index in [0.29, 0.717) is 0 Å². The number of nitrogens with one attached hydrogen (secondary N) is 1. The first-order chi connectivity index (χ1) is 3.80. The molecule has 0 spiro atoms. The fourth-order valence-electron chi connectivity index (χ4n) is 0.262. The SMILES string of the molecule is FB(F)c1nn[nH]n1. The molecule has 0 aromatic carbocycles. The molecule has 0 fully saturated rings. The monoisotopic (exact) mass is 118 g/mol. The lowest BCUT2D eigenvalue weighted by atomic mass is 9.99. The Morgan fingerprint density at radius 2 is 2.25 bits per heavy atom. The molecule has 1 aromatic rings. The molecule has 1 N–H and O–H groups in total. The smallest absolute Gasteiger partial charge is 0.278 e. The van der Waals surface area contributed by atoms with Gasteiger partial charge in [-0.05, 0) is 0 Å². The molecule has 4 nitrogen and oxygen atoms in total. The van der Waals surface area contributed by atoms with Gasteiger partial charge in [-0.2, -0.15) is 5.21 Å². The maximum Gasteiger partial charge on any atom is 0.614 e. The van der Waals surface area contributed by atoms with Gasteiger partial charge in [0, 0.05) is 0 Å². The standard InChI is InChI=1S/CHBF2N4/c3-2(4)1-5-7-8-6-1/h(H,5,6,7,8). The summed E-state index contributed by atoms with van der Waals surface area (Å²) in [4.78, 5) is 0. The molecule has 1 rings (SSSR count). The molecule has 0 unspecified atom stereocenters. The second kappa shape index (κ2) is 1.85. The van der Waals surface area contributed by atoms with Crippen LogP contribution in [0.2, 0.25) is 0 Å². The van der Waals surface area contributed by atoms with Crippen molar-refractivity contribution in [1.29, 1.82) is 0 Å². The Morgan fingerprint density at radius 1 is 1.50 bits per heavy atom. The van der Waals surface area contributed by atoms with E-state index in [4.69, 9.17) is 0 Å². The van der Waals surface area contributed by atoms with Crippen LogP contribution in [0.25, 0.3) is 0 Å². The molecule has 8 heavy (non-hydrogen) atoms. The highest BCUT2D eigenvalue weighted by Crippen LogP contribution is 1.78. The van der Waals surface area contributed by atoms with E-state index in [1.165, 1.54) is 0 Å². The zero-order chi connectivity index (χ0) is 5.98. The van der Waals surface area contributed by atoms with Gasteiger partial charge < -0.3 is 0 Å². The van der Waals surface area contributed by atoms with Crippen molar-refractivity contribution in [3.8, 4) is 0 Å². The average molecular weight is 118 g/mol. The van der Waals surface area contributed by atoms with Crippen molar-refractivity contribution < 1.29 is 8.63 Å². The third kappa shape index (κ3) is 0.798. The van der Waals surface area contributed by atoms with Crippen molar-refractivity contribution >= 4 is 13.0 Å². The quantitative estimate of drug-likeness (QED) is 0.472. The van der Waals surface area contributed by atoms with E-state index in [-0.39, 0.29) is 0 Å². The first-order valence-electron chi connectivity index (χ1n) is 1.82. The van der Waals surface area contributed by atoms with Gasteiger partial charge in [-0.15, -0.1) is 10.2 Å². The highest BCUT2D eigenvalue weighted by molar-refractivity contribution is 6.57. The molecule has 0 aliphatic heterocycles. The van der Waals surface area contributed by atoms with Crippen LogP contribution in [0.5, 0.6) is 0 Å². The Kier molecular flexibility index (Phi) is 1.19. The second-order valence-corrected chi connectivity index (χ2v) is 1.07. The summed E-state index contributed by atoms with van der Waals surface area (Å²) in [7, 11) is -2.63. The fraction of sp³-hybridized carbons (Fsp3) is 0. The molecule has 0 radical (unpaired) electrons. The number of aromatic amines is 1. The minimum atomic E-state index is -2.63. The normalized spacial score (nSPS) is 9.25. The van der Waals surface area contributed by atoms with Crippen LogP contribution in [0.15, 0.2) is 0 Å². The van der Waals surface area contributed by atoms with E-state index in [1.54, 1.807) is 0 Å². The summed E-state index contributed by atoms with van der Waals surface area (Å²) >= 11 is 0. The van der Waals surface area contributed by atoms with E-state index in [2.05, 4.69) is 15.4 Å². The number of halogens is 2. The third-order valence-corrected chi connectivity index (χ3v) is 0.557. The van der Waals surface area contributed by atoms with E-state index in [0.717, 1.165) is 0 Å². The number of rotatable bonds is 1. The van der Waals surface area contributed by atoms with Gasteiger partial charge in [0.1, 0.15) is 0 Å². The maximum atomic E-state index is 11.4. The molecule has 1 aromatic heterocycles. The number of aromatic nitrogens is 4. The van der Waals surface area contributed by atoms with Crippen LogP contribution < -0.4 is 5.72 Å². The summed E-state index contributed by atoms with van der Waals surface area (Å²) in [5.41, 5.74) is -0.565. The molecule has 7 heteroatoms. The number of H-pyrrole nitrogens is 1. The number of tetrazole rings is 1. The lowest BCUT2D eigenvalue weighted by Gasteiger charge is -1.75. The van der Waals surface area contributed by atoms with Crippen LogP contribution in [0.1, 0.15) is 0 Å². The van der Waals surface area contributed by atoms with Gasteiger partial charge in [0.05, 0.1) is 0 Å². The summed E-state index contributed by atoms with van der Waals surface area (Å²) in [5.74, 6) is 0. The molecule has 0 amide bonds. The van der Waals surface area contributed by atoms with Crippen molar-refractivity contribution in [2.75, 3.05) is 0 Å². The van der Waals surface area contributed by atoms with Gasteiger partial charge in [0.25, 0.3) is 0 Å². The minimum Gasteiger partial charge on any atom is -0.278 e. The molecule has 0 aliphatic carbocycles. The average Bonchev–Trinajstić information content (AvgIpc) is 2.12. The highest BCUT2D eigenvalue weighted by Gasteiger charge is 2.20. The Morgan fingerprint density at radius 3 is 2.50 bits per heavy atom. The first-order valence-corrected chi connectivity index (χ1v) is 1.82. The van der Waals surface area contributed by atoms with Gasteiger partial charge in [0.15, 0.2) is 0 Å². The van der Waals surface area contributed by atoms with Gasteiger partial charge in [-0.1, -0.05) is 5.21 Å². The van der Waals surface area contributed by atoms with Gasteiger partial charge in [0.2, 0.25) is 5.72 Å². The van der Waals surface area contributed by atoms with Crippen LogP contribution in [0, 0.1) is 0 Å². The molecule has 0 saturated heterocycles. The second-order valence-electron chi connectivity index (χ2n) is 1.07. The van der Waals surface area contributed by atoms with E-state index in [9.17, 15) is 8.63 Å². The maximum absolute atomic E-state index is 11.4. The lowest BCUT2D eigenvalue weighted by Crippen LogP contribution is -2.24. The number of hydrogen-bond acceptors (Lipinski definition) is 3. The highest BCUT2D eigenvalue weighted by atomic mass is 19.2. The summed E-state index contributed by atoms with van der Waals surface area (Å²) in [6.07, 6.45) is 0. The Balaban J connectivity index is 2.77. The van der Waals surface area contributed by atoms with Gasteiger partial charge in [-0.25, -0.2) is 0 Å². The fourth-order valence-corrected chi connectivity index (χ4v) is 0.262. The number of hydrogen-bond donors (Lipinski definition) is 1. The topological polar surface area (TPSA) is 54.5 Å². The van der Waals surface area contributed by atoms with Gasteiger partial charge in [-0.3, -0.25) is 8.63 Å². The Hall–Kier alpha value is -1.01. The predicted molar refractivity (Wildman–Crippen MR) is 21.8 cm³/mol. The summed E-state index contributed by atoms with van der Waals surface area (Å²) in [6.45, 7) is 0. The Bertz CT molecular complexity index is 149. The molecule has 0 saturated carbocycles. The van der Waals surface area contributed by atoms with Crippen molar-refractivity contribution in [2.45, 2.75) is 0 Å². The van der Waals surface area contributed by atoms with Crippen LogP contribution in [-0.2, 0) is 0 Å². The van der Waals surface area contributed by atoms with Crippen LogP contribution in [-0.4, -0.2) is 27.9 Å². The van der Waals surface area contributed by atoms with E-state index < -0.39 is 13.0 Å². The molecular weight excluding hydrogens is 117 g/mol. The van der Waals surface area contributed by atoms with Crippen LogP contribution >= 0.6 is 0 Å². The first kappa shape index (κ1) is 5.14. The van der Waals surface area contributed by atoms with Crippen LogP contribution in [0.3, 0.4) is 0 Å². The third-order valence-electron chi connectivity index (χ3n) is 0.557. The molecule has 0 atom stereocenters. The zero-order valence-electron chi connectivity index (χ0n) is 3.67. The van der Waals surface area contributed by atoms with Crippen molar-refractivity contribution in [1.82, 2.24) is 20.6 Å². The lowest BCUT2D eigenvalue weighted by molar-refractivity contribution is 0.678. The van der Waals surface area contributed by atoms with Gasteiger partial charge >= 0.3 is 7.27 Å².